The van der Waals surface area contributed by atoms with Crippen LogP contribution in [0.4, 0.5) is 0 Å². The van der Waals surface area contributed by atoms with E-state index in [-0.39, 0.29) is 35.5 Å². The van der Waals surface area contributed by atoms with Gasteiger partial charge in [0, 0.05) is 24.9 Å². The van der Waals surface area contributed by atoms with Gasteiger partial charge in [-0.3, -0.25) is 14.5 Å². The lowest BCUT2D eigenvalue weighted by Gasteiger charge is -2.19. The minimum atomic E-state index is -0.634. The molecule has 6 heteroatoms. The summed E-state index contributed by atoms with van der Waals surface area (Å²) < 4.78 is 0. The van der Waals surface area contributed by atoms with Gasteiger partial charge < -0.3 is 10.3 Å². The summed E-state index contributed by atoms with van der Waals surface area (Å²) >= 11 is 0. The summed E-state index contributed by atoms with van der Waals surface area (Å²) in [6.45, 7) is 6.62. The zero-order chi connectivity index (χ0) is 16.0. The smallest absolute Gasteiger partial charge is 0.373 e. The number of likely N-dealkylation sites (tertiary alicyclic amines) is 1. The largest absolute Gasteiger partial charge is 0.437 e. The van der Waals surface area contributed by atoms with Crippen LogP contribution in [0, 0.1) is 29.6 Å². The molecule has 0 aromatic carbocycles. The van der Waals surface area contributed by atoms with Crippen molar-refractivity contribution in [1.29, 1.82) is 0 Å². The Hall–Kier alpha value is -1.40. The molecule has 2 bridgehead atoms. The normalized spacial score (nSPS) is 34.4. The summed E-state index contributed by atoms with van der Waals surface area (Å²) in [5.41, 5.74) is 1.26. The van der Waals surface area contributed by atoms with Gasteiger partial charge in [0.15, 0.2) is 0 Å². The molecule has 1 saturated carbocycles. The number of nitrogens with zero attached hydrogens (tertiary/aromatic N) is 1. The SMILES string of the molecule is CB(O)NCCN1C(=O)[C@@H]2C3C=CC(/C3=C/C(C)C)[C@@H]2C1=O. The molecule has 0 radical (unpaired) electrons. The second kappa shape index (κ2) is 5.67. The molecule has 2 fully saturated rings. The van der Waals surface area contributed by atoms with E-state index >= 15 is 0 Å². The van der Waals surface area contributed by atoms with Crippen LogP contribution in [0.1, 0.15) is 13.8 Å². The number of hydrogen-bond donors (Lipinski definition) is 2. The Bertz CT molecular complexity index is 522. The molecule has 1 aliphatic heterocycles. The Morgan fingerprint density at radius 2 is 1.82 bits per heavy atom. The monoisotopic (exact) mass is 302 g/mol. The molecule has 4 atom stereocenters. The minimum Gasteiger partial charge on any atom is -0.437 e. The Kier molecular flexibility index (Phi) is 3.99. The van der Waals surface area contributed by atoms with Gasteiger partial charge in [0.25, 0.3) is 0 Å². The second-order valence-electron chi connectivity index (χ2n) is 6.86. The molecule has 2 aliphatic carbocycles. The lowest BCUT2D eigenvalue weighted by molar-refractivity contribution is -0.140. The highest BCUT2D eigenvalue weighted by Crippen LogP contribution is 2.55. The average Bonchev–Trinajstić information content (AvgIpc) is 3.03. The van der Waals surface area contributed by atoms with E-state index in [1.807, 2.05) is 0 Å². The van der Waals surface area contributed by atoms with Crippen LogP contribution in [-0.4, -0.2) is 41.9 Å². The number of fused-ring (bicyclic) bond motifs is 5. The highest BCUT2D eigenvalue weighted by atomic mass is 16.2. The molecule has 2 unspecified atom stereocenters. The molecule has 118 valence electrons. The molecule has 3 rings (SSSR count). The number of carbonyl (C=O) groups is 2. The van der Waals surface area contributed by atoms with Gasteiger partial charge in [0.2, 0.25) is 11.8 Å². The van der Waals surface area contributed by atoms with Crippen molar-refractivity contribution in [3.05, 3.63) is 23.8 Å². The Morgan fingerprint density at radius 1 is 1.27 bits per heavy atom. The Balaban J connectivity index is 1.76. The first-order valence-electron chi connectivity index (χ1n) is 8.08. The summed E-state index contributed by atoms with van der Waals surface area (Å²) in [6, 6.07) is 0. The highest BCUT2D eigenvalue weighted by molar-refractivity contribution is 6.45. The van der Waals surface area contributed by atoms with Gasteiger partial charge in [-0.05, 0) is 12.7 Å². The molecule has 1 saturated heterocycles. The standard InChI is InChI=1S/C16H23BN2O3/c1-9(2)8-12-10-4-5-11(12)14-13(10)15(20)19(16(14)21)7-6-18-17(3)22/h4-5,8-11,13-14,18,22H,6-7H2,1-3H3/b12-8-/t10?,11?,13-,14+/m0/s1. The van der Waals surface area contributed by atoms with Crippen LogP contribution in [0.25, 0.3) is 0 Å². The summed E-state index contributed by atoms with van der Waals surface area (Å²) in [6.07, 6.45) is 6.42. The van der Waals surface area contributed by atoms with E-state index in [2.05, 4.69) is 37.3 Å². The molecular formula is C16H23BN2O3. The average molecular weight is 302 g/mol. The lowest BCUT2D eigenvalue weighted by atomic mass is 9.85. The van der Waals surface area contributed by atoms with Gasteiger partial charge in [0.05, 0.1) is 11.8 Å². The van der Waals surface area contributed by atoms with Crippen molar-refractivity contribution in [3.63, 3.8) is 0 Å². The molecule has 0 aromatic heterocycles. The zero-order valence-corrected chi connectivity index (χ0v) is 13.3. The van der Waals surface area contributed by atoms with E-state index in [1.165, 1.54) is 10.5 Å². The molecule has 5 nitrogen and oxygen atoms in total. The molecule has 2 N–H and O–H groups in total. The topological polar surface area (TPSA) is 69.6 Å². The molecule has 1 heterocycles. The predicted octanol–water partition coefficient (Wildman–Crippen LogP) is 0.686. The van der Waals surface area contributed by atoms with Crippen LogP contribution in [-0.2, 0) is 9.59 Å². The van der Waals surface area contributed by atoms with Crippen LogP contribution in [0.15, 0.2) is 23.8 Å². The maximum Gasteiger partial charge on any atom is 0.373 e. The van der Waals surface area contributed by atoms with Crippen LogP contribution >= 0.6 is 0 Å². The summed E-state index contributed by atoms with van der Waals surface area (Å²) in [4.78, 5) is 26.7. The molecule has 0 spiro atoms. The maximum absolute atomic E-state index is 12.6. The van der Waals surface area contributed by atoms with Crippen molar-refractivity contribution >= 4 is 18.9 Å². The van der Waals surface area contributed by atoms with Gasteiger partial charge in [-0.15, -0.1) is 0 Å². The van der Waals surface area contributed by atoms with Crippen molar-refractivity contribution in [2.45, 2.75) is 20.7 Å². The van der Waals surface area contributed by atoms with E-state index in [4.69, 9.17) is 0 Å². The van der Waals surface area contributed by atoms with Crippen LogP contribution < -0.4 is 5.23 Å². The van der Waals surface area contributed by atoms with Crippen molar-refractivity contribution in [2.24, 2.45) is 29.6 Å². The van der Waals surface area contributed by atoms with Gasteiger partial charge in [-0.2, -0.15) is 0 Å². The van der Waals surface area contributed by atoms with Gasteiger partial charge in [-0.1, -0.05) is 37.6 Å². The summed E-state index contributed by atoms with van der Waals surface area (Å²) in [5.74, 6) is 0.114. The number of rotatable bonds is 5. The van der Waals surface area contributed by atoms with Crippen LogP contribution in [0.3, 0.4) is 0 Å². The van der Waals surface area contributed by atoms with Gasteiger partial charge in [-0.25, -0.2) is 0 Å². The number of nitrogens with one attached hydrogen (secondary N) is 1. The van der Waals surface area contributed by atoms with Crippen molar-refractivity contribution < 1.29 is 14.6 Å². The van der Waals surface area contributed by atoms with Crippen molar-refractivity contribution in [2.75, 3.05) is 13.1 Å². The van der Waals surface area contributed by atoms with E-state index in [9.17, 15) is 14.6 Å². The fourth-order valence-electron chi connectivity index (χ4n) is 4.08. The molecule has 0 aromatic rings. The fraction of sp³-hybridized carbons (Fsp3) is 0.625. The quantitative estimate of drug-likeness (QED) is 0.445. The molecule has 2 amide bonds. The molecule has 22 heavy (non-hydrogen) atoms. The fourth-order valence-corrected chi connectivity index (χ4v) is 4.08. The Labute approximate surface area is 131 Å². The molecular weight excluding hydrogens is 279 g/mol. The van der Waals surface area contributed by atoms with Crippen LogP contribution in [0.2, 0.25) is 6.82 Å². The number of amides is 2. The highest BCUT2D eigenvalue weighted by Gasteiger charge is 2.61. The predicted molar refractivity (Wildman–Crippen MR) is 84.6 cm³/mol. The van der Waals surface area contributed by atoms with Crippen molar-refractivity contribution in [3.8, 4) is 0 Å². The van der Waals surface area contributed by atoms with E-state index in [0.29, 0.717) is 19.0 Å². The van der Waals surface area contributed by atoms with E-state index < -0.39 is 7.05 Å². The third-order valence-electron chi connectivity index (χ3n) is 4.86. The first kappa shape index (κ1) is 15.5. The second-order valence-corrected chi connectivity index (χ2v) is 6.86. The van der Waals surface area contributed by atoms with Gasteiger partial charge in [0.1, 0.15) is 0 Å². The number of imide groups is 1. The van der Waals surface area contributed by atoms with Gasteiger partial charge >= 0.3 is 7.05 Å². The lowest BCUT2D eigenvalue weighted by Crippen LogP contribution is -2.41. The zero-order valence-electron chi connectivity index (χ0n) is 13.3. The van der Waals surface area contributed by atoms with Crippen LogP contribution in [0.5, 0.6) is 0 Å². The third-order valence-corrected chi connectivity index (χ3v) is 4.86. The van der Waals surface area contributed by atoms with E-state index in [1.54, 1.807) is 6.82 Å². The maximum atomic E-state index is 12.6. The molecule has 3 aliphatic rings. The third kappa shape index (κ3) is 2.34. The number of hydrogen-bond acceptors (Lipinski definition) is 4. The summed E-state index contributed by atoms with van der Waals surface area (Å²) in [7, 11) is -0.634. The summed E-state index contributed by atoms with van der Waals surface area (Å²) in [5, 5.41) is 12.0. The van der Waals surface area contributed by atoms with E-state index in [0.717, 1.165) is 0 Å². The first-order chi connectivity index (χ1) is 10.4. The first-order valence-corrected chi connectivity index (χ1v) is 8.08. The number of carbonyl (C=O) groups excluding carboxylic acids is 2. The number of allylic oxidation sites excluding steroid dienone is 4. The van der Waals surface area contributed by atoms with Crippen molar-refractivity contribution in [1.82, 2.24) is 10.1 Å². The minimum absolute atomic E-state index is 0.0473. The Morgan fingerprint density at radius 3 is 2.27 bits per heavy atom.